The van der Waals surface area contributed by atoms with E-state index in [1.807, 2.05) is 50.2 Å². The molecule has 3 nitrogen and oxygen atoms in total. The van der Waals surface area contributed by atoms with Crippen molar-refractivity contribution in [2.75, 3.05) is 0 Å². The van der Waals surface area contributed by atoms with Gasteiger partial charge >= 0.3 is 0 Å². The van der Waals surface area contributed by atoms with Crippen molar-refractivity contribution in [2.45, 2.75) is 20.3 Å². The molecule has 0 saturated carbocycles. The van der Waals surface area contributed by atoms with Gasteiger partial charge < -0.3 is 5.11 Å². The predicted molar refractivity (Wildman–Crippen MR) is 85.2 cm³/mol. The largest absolute Gasteiger partial charge is 0.507 e. The van der Waals surface area contributed by atoms with Gasteiger partial charge in [0.2, 0.25) is 0 Å². The normalized spacial score (nSPS) is 11.0. The van der Waals surface area contributed by atoms with Gasteiger partial charge in [-0.3, -0.25) is 4.79 Å². The highest BCUT2D eigenvalue weighted by molar-refractivity contribution is 7.20. The van der Waals surface area contributed by atoms with Crippen molar-refractivity contribution in [3.05, 3.63) is 58.1 Å². The van der Waals surface area contributed by atoms with E-state index in [-0.39, 0.29) is 5.78 Å². The van der Waals surface area contributed by atoms with Gasteiger partial charge in [0.05, 0.1) is 10.2 Å². The van der Waals surface area contributed by atoms with Crippen LogP contribution < -0.4 is 0 Å². The Labute approximate surface area is 126 Å². The second kappa shape index (κ2) is 5.30. The Morgan fingerprint density at radius 3 is 2.52 bits per heavy atom. The van der Waals surface area contributed by atoms with E-state index in [0.717, 1.165) is 26.9 Å². The van der Waals surface area contributed by atoms with Gasteiger partial charge in [0.1, 0.15) is 5.75 Å². The summed E-state index contributed by atoms with van der Waals surface area (Å²) in [5.41, 5.74) is 3.36. The lowest BCUT2D eigenvalue weighted by Crippen LogP contribution is -2.03. The lowest BCUT2D eigenvalue weighted by Gasteiger charge is -2.06. The summed E-state index contributed by atoms with van der Waals surface area (Å²) in [7, 11) is 0. The molecule has 1 N–H and O–H groups in total. The number of Topliss-reactive ketones (excluding diaryl/α,β-unsaturated/α-hetero) is 1. The van der Waals surface area contributed by atoms with Gasteiger partial charge in [-0.1, -0.05) is 24.3 Å². The van der Waals surface area contributed by atoms with Crippen LogP contribution in [0.4, 0.5) is 0 Å². The van der Waals surface area contributed by atoms with Crippen LogP contribution in [0.2, 0.25) is 0 Å². The van der Waals surface area contributed by atoms with Crippen molar-refractivity contribution in [2.24, 2.45) is 0 Å². The Morgan fingerprint density at radius 2 is 1.86 bits per heavy atom. The second-order valence-electron chi connectivity index (χ2n) is 5.16. The first-order valence-electron chi connectivity index (χ1n) is 6.72. The Morgan fingerprint density at radius 1 is 1.19 bits per heavy atom. The lowest BCUT2D eigenvalue weighted by molar-refractivity contribution is 0.0993. The third kappa shape index (κ3) is 2.67. The van der Waals surface area contributed by atoms with Crippen molar-refractivity contribution in [3.8, 4) is 5.75 Å². The van der Waals surface area contributed by atoms with E-state index in [1.165, 1.54) is 11.3 Å². The summed E-state index contributed by atoms with van der Waals surface area (Å²) in [6.07, 6.45) is 0.307. The number of aryl methyl sites for hydroxylation is 2. The van der Waals surface area contributed by atoms with Gasteiger partial charge in [0, 0.05) is 6.42 Å². The number of rotatable bonds is 3. The highest BCUT2D eigenvalue weighted by Crippen LogP contribution is 2.25. The zero-order valence-corrected chi connectivity index (χ0v) is 12.7. The first-order chi connectivity index (χ1) is 10.0. The van der Waals surface area contributed by atoms with E-state index in [1.54, 1.807) is 0 Å². The van der Waals surface area contributed by atoms with Gasteiger partial charge in [-0.2, -0.15) is 0 Å². The van der Waals surface area contributed by atoms with Crippen LogP contribution in [0.3, 0.4) is 0 Å². The number of hydrogen-bond donors (Lipinski definition) is 1. The molecular formula is C17H15NO2S. The number of carbonyl (C=O) groups excluding carboxylic acids is 1. The molecular weight excluding hydrogens is 282 g/mol. The number of aromatic nitrogens is 1. The van der Waals surface area contributed by atoms with Crippen LogP contribution in [0, 0.1) is 13.8 Å². The third-order valence-electron chi connectivity index (χ3n) is 3.45. The third-order valence-corrected chi connectivity index (χ3v) is 4.53. The Hall–Kier alpha value is -2.20. The summed E-state index contributed by atoms with van der Waals surface area (Å²) >= 11 is 1.43. The molecule has 3 rings (SSSR count). The second-order valence-corrected chi connectivity index (χ2v) is 6.20. The maximum Gasteiger partial charge on any atom is 0.195 e. The minimum atomic E-state index is 0.0145. The van der Waals surface area contributed by atoms with Crippen molar-refractivity contribution in [1.29, 1.82) is 0 Å². The fraction of sp³-hybridized carbons (Fsp3) is 0.176. The van der Waals surface area contributed by atoms with Crippen molar-refractivity contribution < 1.29 is 9.90 Å². The quantitative estimate of drug-likeness (QED) is 0.742. The standard InChI is InChI=1S/C17H15NO2S/c1-10-7-12(8-11(2)16(10)20)9-14(19)17-18-13-5-3-4-6-15(13)21-17/h3-8,20H,9H2,1-2H3. The summed E-state index contributed by atoms with van der Waals surface area (Å²) in [6, 6.07) is 11.5. The molecule has 0 bridgehead atoms. The Balaban J connectivity index is 1.89. The molecule has 1 heterocycles. The summed E-state index contributed by atoms with van der Waals surface area (Å²) in [5, 5.41) is 10.3. The SMILES string of the molecule is Cc1cc(CC(=O)c2nc3ccccc3s2)cc(C)c1O. The number of ketones is 1. The van der Waals surface area contributed by atoms with E-state index in [2.05, 4.69) is 4.98 Å². The molecule has 0 aliphatic heterocycles. The molecule has 0 spiro atoms. The van der Waals surface area contributed by atoms with Gasteiger partial charge in [-0.25, -0.2) is 4.98 Å². The van der Waals surface area contributed by atoms with Gasteiger partial charge in [0.15, 0.2) is 10.8 Å². The number of phenols is 1. The average Bonchev–Trinajstić information content (AvgIpc) is 2.88. The maximum atomic E-state index is 12.4. The first-order valence-corrected chi connectivity index (χ1v) is 7.54. The first kappa shape index (κ1) is 13.8. The fourth-order valence-corrected chi connectivity index (χ4v) is 3.30. The molecule has 3 aromatic rings. The van der Waals surface area contributed by atoms with E-state index >= 15 is 0 Å². The van der Waals surface area contributed by atoms with E-state index in [4.69, 9.17) is 0 Å². The number of para-hydroxylation sites is 1. The van der Waals surface area contributed by atoms with E-state index in [9.17, 15) is 9.90 Å². The molecule has 0 amide bonds. The van der Waals surface area contributed by atoms with Crippen molar-refractivity contribution in [1.82, 2.24) is 4.98 Å². The molecule has 1 aromatic heterocycles. The van der Waals surface area contributed by atoms with Crippen LogP contribution in [-0.4, -0.2) is 15.9 Å². The molecule has 0 unspecified atom stereocenters. The summed E-state index contributed by atoms with van der Waals surface area (Å²) < 4.78 is 1.03. The number of aromatic hydroxyl groups is 1. The average molecular weight is 297 g/mol. The highest BCUT2D eigenvalue weighted by atomic mass is 32.1. The number of carbonyl (C=O) groups is 1. The predicted octanol–water partition coefficient (Wildman–Crippen LogP) is 4.04. The topological polar surface area (TPSA) is 50.2 Å². The van der Waals surface area contributed by atoms with Crippen LogP contribution in [0.25, 0.3) is 10.2 Å². The van der Waals surface area contributed by atoms with Gasteiger partial charge in [0.25, 0.3) is 0 Å². The number of thiazole rings is 1. The number of phenolic OH excluding ortho intramolecular Hbond substituents is 1. The molecule has 0 fully saturated rings. The molecule has 0 saturated heterocycles. The van der Waals surface area contributed by atoms with Crippen LogP contribution >= 0.6 is 11.3 Å². The number of nitrogens with zero attached hydrogens (tertiary/aromatic N) is 1. The molecule has 0 radical (unpaired) electrons. The summed E-state index contributed by atoms with van der Waals surface area (Å²) in [4.78, 5) is 16.8. The zero-order valence-electron chi connectivity index (χ0n) is 11.9. The minimum Gasteiger partial charge on any atom is -0.507 e. The highest BCUT2D eigenvalue weighted by Gasteiger charge is 2.14. The summed E-state index contributed by atoms with van der Waals surface area (Å²) in [5.74, 6) is 0.312. The van der Waals surface area contributed by atoms with E-state index < -0.39 is 0 Å². The molecule has 2 aromatic carbocycles. The van der Waals surface area contributed by atoms with Gasteiger partial charge in [-0.05, 0) is 42.7 Å². The molecule has 0 aliphatic rings. The van der Waals surface area contributed by atoms with Gasteiger partial charge in [-0.15, -0.1) is 11.3 Å². The van der Waals surface area contributed by atoms with Crippen LogP contribution in [0.5, 0.6) is 5.75 Å². The maximum absolute atomic E-state index is 12.4. The van der Waals surface area contributed by atoms with Crippen LogP contribution in [0.15, 0.2) is 36.4 Å². The lowest BCUT2D eigenvalue weighted by atomic mass is 10.0. The van der Waals surface area contributed by atoms with Crippen LogP contribution in [-0.2, 0) is 6.42 Å². The number of benzene rings is 2. The molecule has 0 aliphatic carbocycles. The number of hydrogen-bond acceptors (Lipinski definition) is 4. The van der Waals surface area contributed by atoms with Crippen LogP contribution in [0.1, 0.15) is 26.5 Å². The smallest absolute Gasteiger partial charge is 0.195 e. The van der Waals surface area contributed by atoms with Crippen molar-refractivity contribution >= 4 is 27.3 Å². The Kier molecular flexibility index (Phi) is 3.47. The zero-order chi connectivity index (χ0) is 15.0. The van der Waals surface area contributed by atoms with Crippen molar-refractivity contribution in [3.63, 3.8) is 0 Å². The molecule has 21 heavy (non-hydrogen) atoms. The monoisotopic (exact) mass is 297 g/mol. The minimum absolute atomic E-state index is 0.0145. The molecule has 0 atom stereocenters. The molecule has 106 valence electrons. The summed E-state index contributed by atoms with van der Waals surface area (Å²) in [6.45, 7) is 3.68. The fourth-order valence-electron chi connectivity index (χ4n) is 2.40. The molecule has 4 heteroatoms. The van der Waals surface area contributed by atoms with E-state index in [0.29, 0.717) is 17.2 Å². The number of fused-ring (bicyclic) bond motifs is 1. The Bertz CT molecular complexity index is 780.